The fraction of sp³-hybridized carbons (Fsp3) is 0.143. The first-order valence-electron chi connectivity index (χ1n) is 11.3. The van der Waals surface area contributed by atoms with Crippen LogP contribution in [0.5, 0.6) is 23.0 Å². The first-order valence-corrected chi connectivity index (χ1v) is 11.7. The van der Waals surface area contributed by atoms with Gasteiger partial charge in [0.2, 0.25) is 0 Å². The van der Waals surface area contributed by atoms with Gasteiger partial charge >= 0.3 is 0 Å². The normalized spacial score (nSPS) is 14.4. The topological polar surface area (TPSA) is 89.9 Å². The van der Waals surface area contributed by atoms with Gasteiger partial charge in [-0.2, -0.15) is 0 Å². The highest BCUT2D eigenvalue weighted by Crippen LogP contribution is 2.43. The summed E-state index contributed by atoms with van der Waals surface area (Å²) in [4.78, 5) is 17.2. The number of hydrogen-bond donors (Lipinski definition) is 2. The van der Waals surface area contributed by atoms with E-state index in [2.05, 4.69) is 16.9 Å². The smallest absolute Gasteiger partial charge is 0.256 e. The summed E-state index contributed by atoms with van der Waals surface area (Å²) in [7, 11) is 1.61. The average Bonchev–Trinajstić information content (AvgIpc) is 2.88. The van der Waals surface area contributed by atoms with Crippen molar-refractivity contribution < 1.29 is 24.1 Å². The lowest BCUT2D eigenvalue weighted by Crippen LogP contribution is -2.15. The maximum atomic E-state index is 12.7. The second kappa shape index (κ2) is 9.79. The van der Waals surface area contributed by atoms with Gasteiger partial charge in [0, 0.05) is 28.5 Å². The van der Waals surface area contributed by atoms with Gasteiger partial charge in [0.25, 0.3) is 5.91 Å². The van der Waals surface area contributed by atoms with E-state index >= 15 is 0 Å². The number of methoxy groups -OCH3 is 1. The lowest BCUT2D eigenvalue weighted by Gasteiger charge is -2.26. The zero-order chi connectivity index (χ0) is 25.2. The Morgan fingerprint density at radius 2 is 1.89 bits per heavy atom. The zero-order valence-corrected chi connectivity index (χ0v) is 20.2. The molecule has 0 bridgehead atoms. The number of benzene rings is 3. The number of pyridine rings is 1. The Morgan fingerprint density at radius 1 is 1.11 bits per heavy atom. The molecule has 1 unspecified atom stereocenters. The quantitative estimate of drug-likeness (QED) is 0.279. The molecule has 1 aliphatic rings. The average molecular weight is 503 g/mol. The molecule has 1 amide bonds. The van der Waals surface area contributed by atoms with E-state index in [1.165, 1.54) is 0 Å². The van der Waals surface area contributed by atoms with E-state index in [0.717, 1.165) is 22.2 Å². The van der Waals surface area contributed by atoms with E-state index in [4.69, 9.17) is 25.8 Å². The summed E-state index contributed by atoms with van der Waals surface area (Å²) in [5.74, 6) is 2.26. The maximum Gasteiger partial charge on any atom is 0.256 e. The SMILES string of the molecule is C=C(O)C1CCOc2cc(Oc3ccc(C(=O)Nc4ccc5cc(OC)ccc5n4)cc3)c(Cl)cc21. The van der Waals surface area contributed by atoms with Crippen LogP contribution >= 0.6 is 11.6 Å². The van der Waals surface area contributed by atoms with Gasteiger partial charge in [-0.15, -0.1) is 0 Å². The van der Waals surface area contributed by atoms with E-state index in [1.807, 2.05) is 24.3 Å². The van der Waals surface area contributed by atoms with Crippen molar-refractivity contribution in [3.8, 4) is 23.0 Å². The Labute approximate surface area is 212 Å². The van der Waals surface area contributed by atoms with Crippen molar-refractivity contribution in [2.24, 2.45) is 0 Å². The number of aromatic nitrogens is 1. The number of nitrogens with zero attached hydrogens (tertiary/aromatic N) is 1. The standard InChI is InChI=1S/C28H23ClN2O5/c1-16(32)21-11-12-35-25-15-26(23(29)14-22(21)25)36-19-6-3-17(4-7-19)28(33)31-27-10-5-18-13-20(34-2)8-9-24(18)30-27/h3-10,13-15,21,32H,1,11-12H2,2H3,(H,30,31,33). The van der Waals surface area contributed by atoms with Crippen molar-refractivity contribution in [1.29, 1.82) is 0 Å². The first-order chi connectivity index (χ1) is 17.4. The number of hydrogen-bond acceptors (Lipinski definition) is 6. The van der Waals surface area contributed by atoms with Crippen LogP contribution in [0.4, 0.5) is 5.82 Å². The molecule has 2 heterocycles. The molecule has 182 valence electrons. The minimum Gasteiger partial charge on any atom is -0.512 e. The lowest BCUT2D eigenvalue weighted by molar-refractivity contribution is 0.102. The first kappa shape index (κ1) is 23.5. The molecule has 0 saturated carbocycles. The molecule has 7 nitrogen and oxygen atoms in total. The molecule has 0 saturated heterocycles. The van der Waals surface area contributed by atoms with Gasteiger partial charge in [0.05, 0.1) is 30.0 Å². The summed E-state index contributed by atoms with van der Waals surface area (Å²) in [5.41, 5.74) is 1.97. The number of carbonyl (C=O) groups excluding carboxylic acids is 1. The molecule has 3 aromatic carbocycles. The van der Waals surface area contributed by atoms with Gasteiger partial charge in [-0.3, -0.25) is 4.79 Å². The maximum absolute atomic E-state index is 12.7. The van der Waals surface area contributed by atoms with Gasteiger partial charge in [-0.05, 0) is 67.1 Å². The fourth-order valence-corrected chi connectivity index (χ4v) is 4.31. The molecule has 1 aliphatic heterocycles. The Kier molecular flexibility index (Phi) is 6.40. The fourth-order valence-electron chi connectivity index (χ4n) is 4.10. The third-order valence-electron chi connectivity index (χ3n) is 5.99. The third-order valence-corrected chi connectivity index (χ3v) is 6.28. The molecule has 0 fully saturated rings. The van der Waals surface area contributed by atoms with Crippen molar-refractivity contribution >= 4 is 34.2 Å². The van der Waals surface area contributed by atoms with Crippen LogP contribution in [0.2, 0.25) is 5.02 Å². The van der Waals surface area contributed by atoms with Crippen LogP contribution in [0.3, 0.4) is 0 Å². The molecule has 5 rings (SSSR count). The van der Waals surface area contributed by atoms with Crippen LogP contribution in [0, 0.1) is 0 Å². The number of ether oxygens (including phenoxy) is 3. The number of rotatable bonds is 6. The predicted molar refractivity (Wildman–Crippen MR) is 139 cm³/mol. The number of nitrogens with one attached hydrogen (secondary N) is 1. The summed E-state index contributed by atoms with van der Waals surface area (Å²) in [6.45, 7) is 4.11. The van der Waals surface area contributed by atoms with Crippen LogP contribution < -0.4 is 19.5 Å². The summed E-state index contributed by atoms with van der Waals surface area (Å²) < 4.78 is 16.9. The number of aliphatic hydroxyl groups excluding tert-OH is 1. The van der Waals surface area contributed by atoms with Crippen LogP contribution in [-0.4, -0.2) is 29.7 Å². The summed E-state index contributed by atoms with van der Waals surface area (Å²) in [5, 5.41) is 14.0. The van der Waals surface area contributed by atoms with Gasteiger partial charge in [-0.25, -0.2) is 4.98 Å². The van der Waals surface area contributed by atoms with Crippen molar-refractivity contribution in [2.45, 2.75) is 12.3 Å². The highest BCUT2D eigenvalue weighted by molar-refractivity contribution is 6.32. The second-order valence-corrected chi connectivity index (χ2v) is 8.74. The Bertz CT molecular complexity index is 1470. The van der Waals surface area contributed by atoms with Crippen LogP contribution in [0.25, 0.3) is 10.9 Å². The molecular weight excluding hydrogens is 480 g/mol. The van der Waals surface area contributed by atoms with Gasteiger partial charge < -0.3 is 24.6 Å². The molecule has 8 heteroatoms. The van der Waals surface area contributed by atoms with Crippen LogP contribution in [-0.2, 0) is 0 Å². The highest BCUT2D eigenvalue weighted by atomic mass is 35.5. The number of carbonyl (C=O) groups is 1. The van der Waals surface area contributed by atoms with E-state index in [-0.39, 0.29) is 17.6 Å². The van der Waals surface area contributed by atoms with Crippen LogP contribution in [0.1, 0.15) is 28.3 Å². The van der Waals surface area contributed by atoms with E-state index in [9.17, 15) is 9.90 Å². The largest absolute Gasteiger partial charge is 0.512 e. The molecular formula is C28H23ClN2O5. The Balaban J connectivity index is 1.29. The van der Waals surface area contributed by atoms with Gasteiger partial charge in [0.15, 0.2) is 0 Å². The second-order valence-electron chi connectivity index (χ2n) is 8.34. The zero-order valence-electron chi connectivity index (χ0n) is 19.5. The van der Waals surface area contributed by atoms with Crippen molar-refractivity contribution in [3.05, 3.63) is 95.2 Å². The summed E-state index contributed by atoms with van der Waals surface area (Å²) in [6.07, 6.45) is 0.631. The number of anilines is 1. The highest BCUT2D eigenvalue weighted by Gasteiger charge is 2.26. The number of halogens is 1. The number of amides is 1. The minimum absolute atomic E-state index is 0.0808. The van der Waals surface area contributed by atoms with Gasteiger partial charge in [0.1, 0.15) is 28.8 Å². The molecule has 1 aromatic heterocycles. The number of fused-ring (bicyclic) bond motifs is 2. The van der Waals surface area contributed by atoms with Gasteiger partial charge in [-0.1, -0.05) is 18.2 Å². The number of allylic oxidation sites excluding steroid dienone is 1. The monoisotopic (exact) mass is 502 g/mol. The number of aliphatic hydroxyl groups is 1. The Morgan fingerprint density at radius 3 is 2.64 bits per heavy atom. The third kappa shape index (κ3) is 4.78. The molecule has 0 aliphatic carbocycles. The summed E-state index contributed by atoms with van der Waals surface area (Å²) in [6, 6.07) is 19.3. The van der Waals surface area contributed by atoms with Crippen molar-refractivity contribution in [3.63, 3.8) is 0 Å². The van der Waals surface area contributed by atoms with Crippen molar-refractivity contribution in [2.75, 3.05) is 19.0 Å². The Hall–Kier alpha value is -4.23. The van der Waals surface area contributed by atoms with E-state index in [0.29, 0.717) is 46.7 Å². The molecule has 36 heavy (non-hydrogen) atoms. The lowest BCUT2D eigenvalue weighted by atomic mass is 9.92. The molecule has 4 aromatic rings. The van der Waals surface area contributed by atoms with E-state index < -0.39 is 0 Å². The van der Waals surface area contributed by atoms with E-state index in [1.54, 1.807) is 49.6 Å². The molecule has 1 atom stereocenters. The molecule has 0 spiro atoms. The van der Waals surface area contributed by atoms with Crippen molar-refractivity contribution in [1.82, 2.24) is 4.98 Å². The minimum atomic E-state index is -0.294. The molecule has 0 radical (unpaired) electrons. The predicted octanol–water partition coefficient (Wildman–Crippen LogP) is 6.88. The molecule has 2 N–H and O–H groups in total. The van der Waals surface area contributed by atoms with Crippen LogP contribution in [0.15, 0.2) is 79.1 Å². The summed E-state index contributed by atoms with van der Waals surface area (Å²) >= 11 is 6.44.